The molecule has 2 aromatic rings. The van der Waals surface area contributed by atoms with Crippen LogP contribution in [-0.2, 0) is 20.8 Å². The monoisotopic (exact) mass is 456 g/mol. The molecule has 1 N–H and O–H groups in total. The molecular formula is C19H29ClN6O3S. The highest BCUT2D eigenvalue weighted by molar-refractivity contribution is 8.01. The molecule has 3 rings (SSSR count). The van der Waals surface area contributed by atoms with Gasteiger partial charge in [0.15, 0.2) is 11.6 Å². The summed E-state index contributed by atoms with van der Waals surface area (Å²) in [5.74, 6) is 2.05. The van der Waals surface area contributed by atoms with E-state index in [4.69, 9.17) is 25.8 Å². The van der Waals surface area contributed by atoms with Crippen LogP contribution in [0.5, 0.6) is 0 Å². The van der Waals surface area contributed by atoms with Gasteiger partial charge in [0.05, 0.1) is 29.0 Å². The van der Waals surface area contributed by atoms with Gasteiger partial charge in [-0.25, -0.2) is 9.97 Å². The lowest BCUT2D eigenvalue weighted by molar-refractivity contribution is -0.0217. The quantitative estimate of drug-likeness (QED) is 0.535. The van der Waals surface area contributed by atoms with Crippen LogP contribution in [0.4, 0.5) is 5.95 Å². The Morgan fingerprint density at radius 2 is 2.07 bits per heavy atom. The first kappa shape index (κ1) is 23.2. The molecule has 1 aliphatic rings. The summed E-state index contributed by atoms with van der Waals surface area (Å²) in [7, 11) is 3.32. The van der Waals surface area contributed by atoms with Gasteiger partial charge in [-0.15, -0.1) is 10.2 Å². The fourth-order valence-corrected chi connectivity index (χ4v) is 4.28. The van der Waals surface area contributed by atoms with E-state index in [0.29, 0.717) is 29.9 Å². The van der Waals surface area contributed by atoms with Crippen molar-refractivity contribution >= 4 is 29.5 Å². The fourth-order valence-electron chi connectivity index (χ4n) is 3.38. The molecular weight excluding hydrogens is 428 g/mol. The summed E-state index contributed by atoms with van der Waals surface area (Å²) in [5.41, 5.74) is -0.149. The third-order valence-corrected chi connectivity index (χ3v) is 6.08. The summed E-state index contributed by atoms with van der Waals surface area (Å²) < 4.78 is 22.4. The Morgan fingerprint density at radius 3 is 2.67 bits per heavy atom. The Morgan fingerprint density at radius 1 is 1.33 bits per heavy atom. The van der Waals surface area contributed by atoms with Gasteiger partial charge < -0.3 is 14.2 Å². The van der Waals surface area contributed by atoms with Gasteiger partial charge in [0.25, 0.3) is 0 Å². The van der Waals surface area contributed by atoms with E-state index in [2.05, 4.69) is 38.7 Å². The lowest BCUT2D eigenvalue weighted by Crippen LogP contribution is -2.20. The molecule has 30 heavy (non-hydrogen) atoms. The lowest BCUT2D eigenvalue weighted by atomic mass is 10.1. The third kappa shape index (κ3) is 5.61. The number of methoxy groups -OCH3 is 2. The molecule has 2 aromatic heterocycles. The van der Waals surface area contributed by atoms with Crippen molar-refractivity contribution in [3.63, 3.8) is 0 Å². The lowest BCUT2D eigenvalue weighted by Gasteiger charge is -2.22. The Balaban J connectivity index is 1.71. The second-order valence-electron chi connectivity index (χ2n) is 7.77. The van der Waals surface area contributed by atoms with Crippen molar-refractivity contribution in [3.8, 4) is 0 Å². The Kier molecular flexibility index (Phi) is 7.92. The predicted octanol–water partition coefficient (Wildman–Crippen LogP) is 3.83. The standard InChI is InChI=1S/C19H29ClN6O3S/c1-12(15(28-5)16-21-10-13(20)11-22-16)30-25-18-24-23-17(26(18)8-9-27-4)14-6-7-19(2,3)29-14/h10-12,14-15H,6-9H2,1-5H3,(H,24,25). The van der Waals surface area contributed by atoms with Gasteiger partial charge in [0, 0.05) is 26.6 Å². The summed E-state index contributed by atoms with van der Waals surface area (Å²) in [4.78, 5) is 8.56. The minimum absolute atomic E-state index is 0.00568. The van der Waals surface area contributed by atoms with Crippen LogP contribution in [0, 0.1) is 0 Å². The van der Waals surface area contributed by atoms with E-state index < -0.39 is 0 Å². The zero-order chi connectivity index (χ0) is 21.7. The van der Waals surface area contributed by atoms with Crippen molar-refractivity contribution < 1.29 is 14.2 Å². The largest absolute Gasteiger partial charge is 0.383 e. The first-order valence-corrected chi connectivity index (χ1v) is 11.1. The SMILES string of the molecule is COCCn1c(NSC(C)C(OC)c2ncc(Cl)cn2)nnc1C1CCC(C)(C)O1. The van der Waals surface area contributed by atoms with E-state index in [-0.39, 0.29) is 23.1 Å². The minimum atomic E-state index is -0.312. The summed E-state index contributed by atoms with van der Waals surface area (Å²) in [6.07, 6.45) is 4.65. The molecule has 3 unspecified atom stereocenters. The summed E-state index contributed by atoms with van der Waals surface area (Å²) in [5, 5.41) is 9.26. The molecule has 0 saturated carbocycles. The number of hydrogen-bond acceptors (Lipinski definition) is 9. The first-order valence-electron chi connectivity index (χ1n) is 9.86. The molecule has 0 bridgehead atoms. The van der Waals surface area contributed by atoms with Crippen LogP contribution in [0.1, 0.15) is 57.5 Å². The number of rotatable bonds is 10. The topological polar surface area (TPSA) is 96.2 Å². The van der Waals surface area contributed by atoms with E-state index in [0.717, 1.165) is 18.7 Å². The second kappa shape index (κ2) is 10.2. The average Bonchev–Trinajstić information content (AvgIpc) is 3.29. The van der Waals surface area contributed by atoms with Crippen LogP contribution in [0.15, 0.2) is 12.4 Å². The van der Waals surface area contributed by atoms with Crippen molar-refractivity contribution in [1.29, 1.82) is 0 Å². The van der Waals surface area contributed by atoms with Crippen molar-refractivity contribution in [2.24, 2.45) is 0 Å². The highest BCUT2D eigenvalue weighted by Crippen LogP contribution is 2.39. The van der Waals surface area contributed by atoms with Gasteiger partial charge in [-0.3, -0.25) is 9.29 Å². The molecule has 0 amide bonds. The fraction of sp³-hybridized carbons (Fsp3) is 0.684. The maximum atomic E-state index is 6.17. The van der Waals surface area contributed by atoms with Crippen LogP contribution < -0.4 is 4.72 Å². The third-order valence-electron chi connectivity index (χ3n) is 4.97. The van der Waals surface area contributed by atoms with Crippen LogP contribution in [0.2, 0.25) is 5.02 Å². The molecule has 1 saturated heterocycles. The summed E-state index contributed by atoms with van der Waals surface area (Å²) in [6, 6.07) is 0. The van der Waals surface area contributed by atoms with Crippen LogP contribution in [0.25, 0.3) is 0 Å². The number of nitrogens with zero attached hydrogens (tertiary/aromatic N) is 5. The van der Waals surface area contributed by atoms with Crippen LogP contribution >= 0.6 is 23.5 Å². The van der Waals surface area contributed by atoms with E-state index in [1.807, 2.05) is 11.5 Å². The van der Waals surface area contributed by atoms with E-state index in [1.54, 1.807) is 26.6 Å². The van der Waals surface area contributed by atoms with Crippen LogP contribution in [0.3, 0.4) is 0 Å². The number of halogens is 1. The van der Waals surface area contributed by atoms with Crippen molar-refractivity contribution in [2.75, 3.05) is 25.5 Å². The van der Waals surface area contributed by atoms with Crippen molar-refractivity contribution in [3.05, 3.63) is 29.1 Å². The minimum Gasteiger partial charge on any atom is -0.383 e. The van der Waals surface area contributed by atoms with Gasteiger partial charge in [-0.1, -0.05) is 11.6 Å². The Hall–Kier alpha value is -1.46. The van der Waals surface area contributed by atoms with Gasteiger partial charge in [0.1, 0.15) is 12.2 Å². The average molecular weight is 457 g/mol. The highest BCUT2D eigenvalue weighted by Gasteiger charge is 2.36. The van der Waals surface area contributed by atoms with E-state index in [9.17, 15) is 0 Å². The van der Waals surface area contributed by atoms with Gasteiger partial charge >= 0.3 is 0 Å². The second-order valence-corrected chi connectivity index (χ2v) is 9.39. The van der Waals surface area contributed by atoms with Gasteiger partial charge in [-0.05, 0) is 45.6 Å². The number of ether oxygens (including phenoxy) is 3. The van der Waals surface area contributed by atoms with Crippen LogP contribution in [-0.4, -0.2) is 56.4 Å². The molecule has 11 heteroatoms. The number of hydrogen-bond donors (Lipinski definition) is 1. The van der Waals surface area contributed by atoms with Gasteiger partial charge in [-0.2, -0.15) is 0 Å². The zero-order valence-electron chi connectivity index (χ0n) is 18.0. The molecule has 0 aliphatic carbocycles. The maximum Gasteiger partial charge on any atom is 0.234 e. The molecule has 9 nitrogen and oxygen atoms in total. The Bertz CT molecular complexity index is 819. The Labute approximate surface area is 186 Å². The number of aromatic nitrogens is 5. The van der Waals surface area contributed by atoms with Crippen molar-refractivity contribution in [2.45, 2.75) is 63.2 Å². The molecule has 166 valence electrons. The molecule has 1 aliphatic heterocycles. The first-order chi connectivity index (χ1) is 14.3. The van der Waals surface area contributed by atoms with E-state index in [1.165, 1.54) is 11.9 Å². The normalized spacial score (nSPS) is 20.3. The number of anilines is 1. The smallest absolute Gasteiger partial charge is 0.234 e. The van der Waals surface area contributed by atoms with E-state index >= 15 is 0 Å². The summed E-state index contributed by atoms with van der Waals surface area (Å²) >= 11 is 7.36. The summed E-state index contributed by atoms with van der Waals surface area (Å²) in [6.45, 7) is 7.41. The van der Waals surface area contributed by atoms with Crippen molar-refractivity contribution in [1.82, 2.24) is 24.7 Å². The molecule has 0 radical (unpaired) electrons. The number of nitrogens with one attached hydrogen (secondary N) is 1. The highest BCUT2D eigenvalue weighted by atomic mass is 35.5. The molecule has 1 fully saturated rings. The molecule has 3 atom stereocenters. The molecule has 0 aromatic carbocycles. The molecule has 3 heterocycles. The predicted molar refractivity (Wildman–Crippen MR) is 117 cm³/mol. The molecule has 0 spiro atoms. The maximum absolute atomic E-state index is 6.17. The zero-order valence-corrected chi connectivity index (χ0v) is 19.5. The van der Waals surface area contributed by atoms with Gasteiger partial charge in [0.2, 0.25) is 5.95 Å².